The molecule has 0 bridgehead atoms. The molecule has 0 heterocycles. The Balaban J connectivity index is 0.00000133. The number of rotatable bonds is 1. The number of fused-ring (bicyclic) bond motifs is 3. The van der Waals surface area contributed by atoms with Crippen LogP contribution < -0.4 is 29.6 Å². The summed E-state index contributed by atoms with van der Waals surface area (Å²) in [7, 11) is -4.47. The molecule has 0 atom stereocenters. The molecule has 0 fully saturated rings. The molecule has 3 aromatic rings. The average Bonchev–Trinajstić information content (AvgIpc) is 2.37. The Morgan fingerprint density at radius 3 is 1.95 bits per heavy atom. The summed E-state index contributed by atoms with van der Waals surface area (Å²) in [6.07, 6.45) is 0. The van der Waals surface area contributed by atoms with Gasteiger partial charge in [0.15, 0.2) is 0 Å². The maximum Gasteiger partial charge on any atom is 1.00 e. The van der Waals surface area contributed by atoms with Gasteiger partial charge in [-0.2, -0.15) is 0 Å². The van der Waals surface area contributed by atoms with Crippen molar-refractivity contribution in [3.8, 4) is 0 Å². The Hall–Kier alpha value is -0.910. The molecule has 0 radical (unpaired) electrons. The fourth-order valence-corrected chi connectivity index (χ4v) is 2.95. The van der Waals surface area contributed by atoms with Gasteiger partial charge in [-0.1, -0.05) is 48.5 Å². The largest absolute Gasteiger partial charge is 1.00 e. The van der Waals surface area contributed by atoms with Crippen LogP contribution in [0, 0.1) is 0 Å². The van der Waals surface area contributed by atoms with E-state index >= 15 is 0 Å². The van der Waals surface area contributed by atoms with E-state index in [9.17, 15) is 13.0 Å². The Bertz CT molecular complexity index is 857. The maximum atomic E-state index is 11.3. The van der Waals surface area contributed by atoms with Crippen LogP contribution in [-0.4, -0.2) is 13.0 Å². The minimum atomic E-state index is -4.47. The van der Waals surface area contributed by atoms with Gasteiger partial charge in [0.1, 0.15) is 10.1 Å². The standard InChI is InChI=1S/C14H10O3S.Na/c15-18(16,17)14-9-10-5-1-2-6-11(10)12-7-3-4-8-13(12)14;/h1-9H,(H,15,16,17);/q;+1/p-1. The van der Waals surface area contributed by atoms with E-state index in [1.807, 2.05) is 30.3 Å². The third-order valence-corrected chi connectivity index (χ3v) is 3.88. The van der Waals surface area contributed by atoms with Gasteiger partial charge in [0, 0.05) is 0 Å². The molecule has 19 heavy (non-hydrogen) atoms. The Morgan fingerprint density at radius 1 is 0.789 bits per heavy atom. The van der Waals surface area contributed by atoms with Crippen LogP contribution in [0.4, 0.5) is 0 Å². The summed E-state index contributed by atoms with van der Waals surface area (Å²) in [4.78, 5) is -0.156. The molecule has 0 saturated heterocycles. The van der Waals surface area contributed by atoms with E-state index in [1.54, 1.807) is 18.2 Å². The van der Waals surface area contributed by atoms with Crippen molar-refractivity contribution in [2.45, 2.75) is 4.90 Å². The van der Waals surface area contributed by atoms with Gasteiger partial charge in [-0.3, -0.25) is 0 Å². The molecule has 5 heteroatoms. The van der Waals surface area contributed by atoms with E-state index in [-0.39, 0.29) is 34.5 Å². The third-order valence-electron chi connectivity index (χ3n) is 3.00. The minimum Gasteiger partial charge on any atom is -0.744 e. The van der Waals surface area contributed by atoms with Gasteiger partial charge in [0.05, 0.1) is 4.90 Å². The minimum absolute atomic E-state index is 0. The summed E-state index contributed by atoms with van der Waals surface area (Å²) in [5, 5.41) is 2.96. The Kier molecular flexibility index (Phi) is 3.99. The molecule has 0 aliphatic rings. The van der Waals surface area contributed by atoms with Crippen molar-refractivity contribution in [1.29, 1.82) is 0 Å². The zero-order valence-corrected chi connectivity index (χ0v) is 13.1. The van der Waals surface area contributed by atoms with Gasteiger partial charge >= 0.3 is 29.6 Å². The van der Waals surface area contributed by atoms with E-state index in [1.165, 1.54) is 6.07 Å². The van der Waals surface area contributed by atoms with Crippen molar-refractivity contribution >= 4 is 31.7 Å². The van der Waals surface area contributed by atoms with Crippen LogP contribution in [0.2, 0.25) is 0 Å². The number of hydrogen-bond donors (Lipinski definition) is 0. The van der Waals surface area contributed by atoms with Crippen molar-refractivity contribution in [2.24, 2.45) is 0 Å². The van der Waals surface area contributed by atoms with Crippen molar-refractivity contribution in [1.82, 2.24) is 0 Å². The molecular formula is C14H9NaO3S. The number of hydrogen-bond acceptors (Lipinski definition) is 3. The summed E-state index contributed by atoms with van der Waals surface area (Å²) in [6, 6.07) is 15.9. The van der Waals surface area contributed by atoms with Gasteiger partial charge in [-0.05, 0) is 27.6 Å². The zero-order valence-electron chi connectivity index (χ0n) is 10.3. The first-order valence-electron chi connectivity index (χ1n) is 5.44. The van der Waals surface area contributed by atoms with Gasteiger partial charge in [0.25, 0.3) is 0 Å². The molecule has 0 N–H and O–H groups in total. The molecule has 0 aromatic heterocycles. The smallest absolute Gasteiger partial charge is 0.744 e. The average molecular weight is 280 g/mol. The van der Waals surface area contributed by atoms with Crippen LogP contribution in [0.3, 0.4) is 0 Å². The molecular weight excluding hydrogens is 271 g/mol. The SMILES string of the molecule is O=S(=O)([O-])c1cc2ccccc2c2ccccc12.[Na+]. The maximum absolute atomic E-state index is 11.3. The topological polar surface area (TPSA) is 57.2 Å². The van der Waals surface area contributed by atoms with Crippen LogP contribution >= 0.6 is 0 Å². The molecule has 3 nitrogen and oxygen atoms in total. The van der Waals surface area contributed by atoms with Crippen LogP contribution in [0.5, 0.6) is 0 Å². The second-order valence-electron chi connectivity index (χ2n) is 4.10. The second-order valence-corrected chi connectivity index (χ2v) is 5.44. The van der Waals surface area contributed by atoms with Crippen LogP contribution in [-0.2, 0) is 10.1 Å². The Morgan fingerprint density at radius 2 is 1.32 bits per heavy atom. The first-order valence-corrected chi connectivity index (χ1v) is 6.84. The molecule has 0 unspecified atom stereocenters. The molecule has 0 spiro atoms. The van der Waals surface area contributed by atoms with E-state index in [0.29, 0.717) is 5.39 Å². The molecule has 3 rings (SSSR count). The summed E-state index contributed by atoms with van der Waals surface area (Å²) in [5.74, 6) is 0. The van der Waals surface area contributed by atoms with Gasteiger partial charge in [-0.15, -0.1) is 0 Å². The van der Waals surface area contributed by atoms with E-state index in [4.69, 9.17) is 0 Å². The third kappa shape index (κ3) is 2.55. The predicted octanol–water partition coefficient (Wildman–Crippen LogP) is -0.0989. The van der Waals surface area contributed by atoms with E-state index in [2.05, 4.69) is 0 Å². The first-order chi connectivity index (χ1) is 8.57. The quantitative estimate of drug-likeness (QED) is 0.355. The monoisotopic (exact) mass is 280 g/mol. The van der Waals surface area contributed by atoms with E-state index < -0.39 is 10.1 Å². The summed E-state index contributed by atoms with van der Waals surface area (Å²) in [6.45, 7) is 0. The normalized spacial score (nSPS) is 11.4. The van der Waals surface area contributed by atoms with Crippen LogP contribution in [0.1, 0.15) is 0 Å². The van der Waals surface area contributed by atoms with Crippen molar-refractivity contribution in [3.05, 3.63) is 54.6 Å². The van der Waals surface area contributed by atoms with Gasteiger partial charge in [0.2, 0.25) is 0 Å². The van der Waals surface area contributed by atoms with E-state index in [0.717, 1.165) is 16.2 Å². The van der Waals surface area contributed by atoms with Crippen molar-refractivity contribution in [2.75, 3.05) is 0 Å². The zero-order chi connectivity index (χ0) is 12.8. The van der Waals surface area contributed by atoms with Gasteiger partial charge < -0.3 is 4.55 Å². The second kappa shape index (κ2) is 5.23. The van der Waals surface area contributed by atoms with Gasteiger partial charge in [-0.25, -0.2) is 8.42 Å². The van der Waals surface area contributed by atoms with Crippen molar-refractivity contribution in [3.63, 3.8) is 0 Å². The molecule has 90 valence electrons. The fourth-order valence-electron chi connectivity index (χ4n) is 2.23. The van der Waals surface area contributed by atoms with Crippen molar-refractivity contribution < 1.29 is 42.5 Å². The molecule has 3 aromatic carbocycles. The fraction of sp³-hybridized carbons (Fsp3) is 0. The summed E-state index contributed by atoms with van der Waals surface area (Å²) in [5.41, 5.74) is 0. The van der Waals surface area contributed by atoms with Crippen LogP contribution in [0.15, 0.2) is 59.5 Å². The Labute approximate surface area is 133 Å². The predicted molar refractivity (Wildman–Crippen MR) is 69.4 cm³/mol. The molecule has 0 aliphatic heterocycles. The molecule has 0 amide bonds. The summed E-state index contributed by atoms with van der Waals surface area (Å²) < 4.78 is 34.0. The molecule has 0 aliphatic carbocycles. The first kappa shape index (κ1) is 14.5. The number of benzene rings is 3. The summed E-state index contributed by atoms with van der Waals surface area (Å²) >= 11 is 0. The molecule has 0 saturated carbocycles. The van der Waals surface area contributed by atoms with Crippen LogP contribution in [0.25, 0.3) is 21.5 Å².